The lowest BCUT2D eigenvalue weighted by Gasteiger charge is -2.20. The zero-order valence-corrected chi connectivity index (χ0v) is 16.0. The van der Waals surface area contributed by atoms with E-state index in [0.29, 0.717) is 22.6 Å². The number of hydrogen-bond acceptors (Lipinski definition) is 5. The normalized spacial score (nSPS) is 11.3. The number of benzene rings is 2. The summed E-state index contributed by atoms with van der Waals surface area (Å²) in [5.74, 6) is 0.891. The van der Waals surface area contributed by atoms with Gasteiger partial charge in [-0.15, -0.1) is 0 Å². The molecule has 5 nitrogen and oxygen atoms in total. The van der Waals surface area contributed by atoms with Gasteiger partial charge in [-0.25, -0.2) is 0 Å². The van der Waals surface area contributed by atoms with Crippen molar-refractivity contribution in [2.24, 2.45) is 0 Å². The van der Waals surface area contributed by atoms with E-state index in [9.17, 15) is 8.78 Å². The summed E-state index contributed by atoms with van der Waals surface area (Å²) in [4.78, 5) is 0. The molecule has 0 saturated heterocycles. The van der Waals surface area contributed by atoms with Crippen LogP contribution in [0.5, 0.6) is 17.2 Å². The minimum Gasteiger partial charge on any atom is -0.493 e. The number of methoxy groups -OCH3 is 3. The molecule has 0 heterocycles. The third-order valence-corrected chi connectivity index (χ3v) is 4.06. The highest BCUT2D eigenvalue weighted by Gasteiger charge is 2.31. The highest BCUT2D eigenvalue weighted by molar-refractivity contribution is 7.17. The molecule has 0 radical (unpaired) electrons. The van der Waals surface area contributed by atoms with Crippen LogP contribution in [0.15, 0.2) is 30.3 Å². The number of rotatable bonds is 8. The fourth-order valence-corrected chi connectivity index (χ4v) is 2.77. The molecule has 26 heavy (non-hydrogen) atoms. The van der Waals surface area contributed by atoms with E-state index in [-0.39, 0.29) is 30.2 Å². The predicted octanol–water partition coefficient (Wildman–Crippen LogP) is 3.90. The SMILES string of the molecule is COCCOc1cc(N)c(-c2cccc(OC)c2OC)cc1C(F)(F)P. The summed E-state index contributed by atoms with van der Waals surface area (Å²) in [7, 11) is 6.00. The number of halogens is 2. The maximum atomic E-state index is 14.1. The Labute approximate surface area is 153 Å². The zero-order chi connectivity index (χ0) is 19.3. The molecule has 0 aliphatic carbocycles. The number of alkyl halides is 2. The quantitative estimate of drug-likeness (QED) is 0.424. The molecule has 0 aliphatic heterocycles. The number of para-hydroxylation sites is 1. The monoisotopic (exact) mass is 385 g/mol. The second-order valence-corrected chi connectivity index (χ2v) is 6.17. The van der Waals surface area contributed by atoms with Crippen LogP contribution in [-0.4, -0.2) is 34.5 Å². The highest BCUT2D eigenvalue weighted by atomic mass is 31.0. The van der Waals surface area contributed by atoms with Gasteiger partial charge in [0.15, 0.2) is 11.5 Å². The van der Waals surface area contributed by atoms with Gasteiger partial charge in [0.1, 0.15) is 12.4 Å². The molecule has 2 aromatic rings. The topological polar surface area (TPSA) is 62.9 Å². The van der Waals surface area contributed by atoms with Crippen molar-refractivity contribution in [1.29, 1.82) is 0 Å². The molecule has 0 aliphatic rings. The predicted molar refractivity (Wildman–Crippen MR) is 100 cm³/mol. The Bertz CT molecular complexity index is 766. The van der Waals surface area contributed by atoms with Crippen LogP contribution in [0, 0.1) is 0 Å². The van der Waals surface area contributed by atoms with Crippen LogP contribution < -0.4 is 19.9 Å². The lowest BCUT2D eigenvalue weighted by molar-refractivity contribution is 0.0953. The highest BCUT2D eigenvalue weighted by Crippen LogP contribution is 2.47. The van der Waals surface area contributed by atoms with Gasteiger partial charge in [0, 0.05) is 30.0 Å². The van der Waals surface area contributed by atoms with Gasteiger partial charge < -0.3 is 24.7 Å². The van der Waals surface area contributed by atoms with E-state index in [4.69, 9.17) is 24.7 Å². The first-order valence-corrected chi connectivity index (χ1v) is 8.35. The Morgan fingerprint density at radius 1 is 1.00 bits per heavy atom. The van der Waals surface area contributed by atoms with Crippen LogP contribution in [0.25, 0.3) is 11.1 Å². The average molecular weight is 385 g/mol. The second-order valence-electron chi connectivity index (χ2n) is 5.44. The van der Waals surface area contributed by atoms with Gasteiger partial charge in [-0.3, -0.25) is 0 Å². The van der Waals surface area contributed by atoms with Crippen molar-refractivity contribution >= 4 is 14.9 Å². The molecule has 1 unspecified atom stereocenters. The Kier molecular flexibility index (Phi) is 6.62. The molecule has 2 aromatic carbocycles. The van der Waals surface area contributed by atoms with Gasteiger partial charge in [0.2, 0.25) is 0 Å². The van der Waals surface area contributed by atoms with Gasteiger partial charge in [-0.1, -0.05) is 21.4 Å². The van der Waals surface area contributed by atoms with Gasteiger partial charge in [-0.2, -0.15) is 8.78 Å². The zero-order valence-electron chi connectivity index (χ0n) is 14.8. The summed E-state index contributed by atoms with van der Waals surface area (Å²) in [6, 6.07) is 7.87. The van der Waals surface area contributed by atoms with E-state index in [1.165, 1.54) is 42.7 Å². The summed E-state index contributed by atoms with van der Waals surface area (Å²) >= 11 is 0. The molecule has 0 amide bonds. The molecule has 142 valence electrons. The fraction of sp³-hybridized carbons (Fsp3) is 0.333. The maximum absolute atomic E-state index is 14.1. The van der Waals surface area contributed by atoms with Crippen molar-refractivity contribution in [3.05, 3.63) is 35.9 Å². The van der Waals surface area contributed by atoms with Crippen LogP contribution in [0.2, 0.25) is 0 Å². The molecule has 2 N–H and O–H groups in total. The smallest absolute Gasteiger partial charge is 0.287 e. The fourth-order valence-electron chi connectivity index (χ4n) is 2.54. The molecule has 1 atom stereocenters. The van der Waals surface area contributed by atoms with E-state index >= 15 is 0 Å². The Morgan fingerprint density at radius 2 is 1.73 bits per heavy atom. The van der Waals surface area contributed by atoms with Crippen molar-refractivity contribution in [2.75, 3.05) is 40.3 Å². The standard InChI is InChI=1S/C18H22F2NO4P/c1-22-7-8-25-16-10-14(21)12(9-13(16)18(19,20)26)11-5-4-6-15(23-2)17(11)24-3/h4-6,9-10H,7-8,21,26H2,1-3H3. The summed E-state index contributed by atoms with van der Waals surface area (Å²) in [6.07, 6.45) is 0. The molecule has 2 rings (SSSR count). The lowest BCUT2D eigenvalue weighted by Crippen LogP contribution is -2.11. The van der Waals surface area contributed by atoms with Crippen LogP contribution in [0.3, 0.4) is 0 Å². The van der Waals surface area contributed by atoms with Crippen LogP contribution >= 0.6 is 9.24 Å². The Balaban J connectivity index is 2.61. The number of nitrogen functional groups attached to an aromatic ring is 1. The van der Waals surface area contributed by atoms with E-state index < -0.39 is 5.66 Å². The molecule has 0 saturated carbocycles. The molecule has 0 spiro atoms. The first kappa shape index (κ1) is 20.2. The maximum Gasteiger partial charge on any atom is 0.287 e. The van der Waals surface area contributed by atoms with Gasteiger partial charge in [0.05, 0.1) is 26.4 Å². The van der Waals surface area contributed by atoms with Crippen molar-refractivity contribution in [2.45, 2.75) is 5.66 Å². The third-order valence-electron chi connectivity index (χ3n) is 3.75. The van der Waals surface area contributed by atoms with Crippen molar-refractivity contribution in [3.63, 3.8) is 0 Å². The minimum absolute atomic E-state index is 0.00478. The van der Waals surface area contributed by atoms with Crippen LogP contribution in [0.4, 0.5) is 14.5 Å². The minimum atomic E-state index is -3.20. The van der Waals surface area contributed by atoms with Gasteiger partial charge in [0.25, 0.3) is 5.66 Å². The number of hydrogen-bond donors (Lipinski definition) is 1. The first-order valence-electron chi connectivity index (χ1n) is 7.77. The molecular formula is C18H22F2NO4P. The van der Waals surface area contributed by atoms with Crippen molar-refractivity contribution in [1.82, 2.24) is 0 Å². The lowest BCUT2D eigenvalue weighted by atomic mass is 9.99. The summed E-state index contributed by atoms with van der Waals surface area (Å²) in [5, 5.41) is 0. The molecule has 0 fully saturated rings. The van der Waals surface area contributed by atoms with E-state index in [2.05, 4.69) is 0 Å². The van der Waals surface area contributed by atoms with Crippen molar-refractivity contribution < 1.29 is 27.7 Å². The largest absolute Gasteiger partial charge is 0.493 e. The average Bonchev–Trinajstić information content (AvgIpc) is 2.60. The van der Waals surface area contributed by atoms with E-state index in [1.807, 2.05) is 0 Å². The molecule has 0 aromatic heterocycles. The number of anilines is 1. The van der Waals surface area contributed by atoms with E-state index in [0.717, 1.165) is 0 Å². The number of ether oxygens (including phenoxy) is 4. The third kappa shape index (κ3) is 4.34. The summed E-state index contributed by atoms with van der Waals surface area (Å²) in [6.45, 7) is 0.402. The second kappa shape index (κ2) is 8.52. The number of nitrogens with two attached hydrogens (primary N) is 1. The Morgan fingerprint density at radius 3 is 2.31 bits per heavy atom. The van der Waals surface area contributed by atoms with Gasteiger partial charge >= 0.3 is 0 Å². The van der Waals surface area contributed by atoms with Crippen molar-refractivity contribution in [3.8, 4) is 28.4 Å². The first-order chi connectivity index (χ1) is 12.3. The molecular weight excluding hydrogens is 363 g/mol. The summed E-state index contributed by atoms with van der Waals surface area (Å²) < 4.78 is 49.2. The Hall–Kier alpha value is -2.11. The van der Waals surface area contributed by atoms with Crippen LogP contribution in [0.1, 0.15) is 5.56 Å². The van der Waals surface area contributed by atoms with Crippen LogP contribution in [-0.2, 0) is 10.4 Å². The molecule has 0 bridgehead atoms. The van der Waals surface area contributed by atoms with E-state index in [1.54, 1.807) is 18.2 Å². The summed E-state index contributed by atoms with van der Waals surface area (Å²) in [5.41, 5.74) is 3.85. The molecule has 8 heteroatoms. The van der Waals surface area contributed by atoms with Gasteiger partial charge in [-0.05, 0) is 12.1 Å².